The third kappa shape index (κ3) is 3.78. The van der Waals surface area contributed by atoms with E-state index >= 15 is 0 Å². The molecule has 0 radical (unpaired) electrons. The quantitative estimate of drug-likeness (QED) is 0.578. The summed E-state index contributed by atoms with van der Waals surface area (Å²) in [6, 6.07) is 5.80. The van der Waals surface area contributed by atoms with Crippen molar-refractivity contribution >= 4 is 29.4 Å². The minimum Gasteiger partial charge on any atom is -0.342 e. The first-order valence-corrected chi connectivity index (χ1v) is 10.9. The summed E-state index contributed by atoms with van der Waals surface area (Å²) in [6.07, 6.45) is 2.83. The summed E-state index contributed by atoms with van der Waals surface area (Å²) in [5.41, 5.74) is 1.22. The molecule has 142 valence electrons. The van der Waals surface area contributed by atoms with Crippen LogP contribution in [0.4, 0.5) is 4.39 Å². The first kappa shape index (κ1) is 18.6. The monoisotopic (exact) mass is 405 g/mol. The van der Waals surface area contributed by atoms with Crippen molar-refractivity contribution < 1.29 is 9.18 Å². The molecule has 4 rings (SSSR count). The summed E-state index contributed by atoms with van der Waals surface area (Å²) in [6.45, 7) is 3.67. The van der Waals surface area contributed by atoms with Crippen molar-refractivity contribution in [3.8, 4) is 5.69 Å². The Labute approximate surface area is 165 Å². The molecule has 0 aliphatic carbocycles. The fourth-order valence-corrected chi connectivity index (χ4v) is 5.43. The van der Waals surface area contributed by atoms with E-state index in [9.17, 15) is 14.0 Å². The van der Waals surface area contributed by atoms with Crippen molar-refractivity contribution in [1.29, 1.82) is 0 Å². The maximum atomic E-state index is 13.3. The maximum Gasteiger partial charge on any atom is 0.272 e. The second kappa shape index (κ2) is 7.67. The van der Waals surface area contributed by atoms with Crippen molar-refractivity contribution in [1.82, 2.24) is 14.5 Å². The number of carbonyl (C=O) groups is 1. The molecule has 1 atom stereocenters. The Kier molecular flexibility index (Phi) is 5.27. The van der Waals surface area contributed by atoms with Crippen LogP contribution in [0.3, 0.4) is 0 Å². The molecular formula is C19H20FN3O2S2. The second-order valence-electron chi connectivity index (χ2n) is 6.80. The fraction of sp³-hybridized carbons (Fsp3) is 0.421. The highest BCUT2D eigenvalue weighted by Crippen LogP contribution is 2.35. The Hall–Kier alpha value is -1.80. The van der Waals surface area contributed by atoms with Gasteiger partial charge in [-0.3, -0.25) is 14.2 Å². The van der Waals surface area contributed by atoms with Crippen molar-refractivity contribution in [2.45, 2.75) is 41.5 Å². The molecule has 0 spiro atoms. The van der Waals surface area contributed by atoms with Gasteiger partial charge >= 0.3 is 0 Å². The number of halogens is 1. The van der Waals surface area contributed by atoms with Crippen molar-refractivity contribution in [2.75, 3.05) is 18.8 Å². The van der Waals surface area contributed by atoms with Crippen molar-refractivity contribution in [2.24, 2.45) is 0 Å². The lowest BCUT2D eigenvalue weighted by atomic mass is 10.2. The molecule has 0 saturated carbocycles. The third-order valence-electron chi connectivity index (χ3n) is 4.75. The highest BCUT2D eigenvalue weighted by atomic mass is 32.2. The summed E-state index contributed by atoms with van der Waals surface area (Å²) >= 11 is 2.81. The number of rotatable bonds is 4. The predicted octanol–water partition coefficient (Wildman–Crippen LogP) is 3.12. The lowest BCUT2D eigenvalue weighted by Crippen LogP contribution is -2.30. The molecule has 2 aromatic rings. The van der Waals surface area contributed by atoms with Gasteiger partial charge in [-0.15, -0.1) is 11.8 Å². The van der Waals surface area contributed by atoms with Gasteiger partial charge in [0, 0.05) is 24.8 Å². The summed E-state index contributed by atoms with van der Waals surface area (Å²) in [4.78, 5) is 32.7. The number of benzene rings is 1. The molecule has 0 N–H and O–H groups in total. The molecule has 1 aromatic heterocycles. The second-order valence-corrected chi connectivity index (χ2v) is 9.19. The van der Waals surface area contributed by atoms with Crippen LogP contribution in [-0.2, 0) is 11.2 Å². The number of amides is 1. The van der Waals surface area contributed by atoms with E-state index in [1.807, 2.05) is 4.90 Å². The first-order valence-electron chi connectivity index (χ1n) is 9.02. The maximum absolute atomic E-state index is 13.3. The van der Waals surface area contributed by atoms with Crippen molar-refractivity contribution in [3.63, 3.8) is 0 Å². The number of hydrogen-bond donors (Lipinski definition) is 0. The van der Waals surface area contributed by atoms with Gasteiger partial charge in [0.15, 0.2) is 5.16 Å². The molecule has 1 unspecified atom stereocenters. The number of nitrogens with zero attached hydrogens (tertiary/aromatic N) is 3. The van der Waals surface area contributed by atoms with Gasteiger partial charge in [-0.2, -0.15) is 0 Å². The van der Waals surface area contributed by atoms with Gasteiger partial charge in [0.2, 0.25) is 5.91 Å². The molecule has 1 aromatic carbocycles. The molecule has 1 fully saturated rings. The molecule has 2 aliphatic rings. The van der Waals surface area contributed by atoms with E-state index in [4.69, 9.17) is 4.98 Å². The molecule has 3 heterocycles. The molecule has 0 bridgehead atoms. The minimum absolute atomic E-state index is 0.0700. The Morgan fingerprint density at radius 3 is 2.70 bits per heavy atom. The molecule has 1 saturated heterocycles. The number of fused-ring (bicyclic) bond motifs is 1. The smallest absolute Gasteiger partial charge is 0.272 e. The Morgan fingerprint density at radius 1 is 1.30 bits per heavy atom. The zero-order valence-electron chi connectivity index (χ0n) is 15.0. The normalized spacial score (nSPS) is 18.7. The van der Waals surface area contributed by atoms with Crippen LogP contribution in [0.2, 0.25) is 0 Å². The number of thioether (sulfide) groups is 2. The van der Waals surface area contributed by atoms with Crippen LogP contribution in [-0.4, -0.2) is 44.5 Å². The summed E-state index contributed by atoms with van der Waals surface area (Å²) < 4.78 is 14.8. The standard InChI is InChI=1S/C19H20FN3O2S2/c1-12-10-15-17(27-12)18(25)23(14-6-4-13(20)5-7-14)19(21-15)26-11-16(24)22-8-2-3-9-22/h4-7,12H,2-3,8-11H2,1H3. The molecular weight excluding hydrogens is 385 g/mol. The van der Waals surface area contributed by atoms with Crippen LogP contribution in [0.1, 0.15) is 25.5 Å². The van der Waals surface area contributed by atoms with E-state index in [-0.39, 0.29) is 23.0 Å². The van der Waals surface area contributed by atoms with E-state index in [1.54, 1.807) is 12.1 Å². The average molecular weight is 406 g/mol. The van der Waals surface area contributed by atoms with E-state index in [2.05, 4.69) is 6.92 Å². The topological polar surface area (TPSA) is 55.2 Å². The van der Waals surface area contributed by atoms with E-state index in [1.165, 1.54) is 40.2 Å². The predicted molar refractivity (Wildman–Crippen MR) is 105 cm³/mol. The van der Waals surface area contributed by atoms with E-state index in [0.29, 0.717) is 21.0 Å². The first-order chi connectivity index (χ1) is 13.0. The van der Waals surface area contributed by atoms with Gasteiger partial charge in [0.05, 0.1) is 22.0 Å². The summed E-state index contributed by atoms with van der Waals surface area (Å²) in [5, 5.41) is 0.793. The van der Waals surface area contributed by atoms with Gasteiger partial charge in [0.25, 0.3) is 5.56 Å². The van der Waals surface area contributed by atoms with Gasteiger partial charge in [-0.05, 0) is 37.1 Å². The zero-order chi connectivity index (χ0) is 19.0. The number of likely N-dealkylation sites (tertiary alicyclic amines) is 1. The van der Waals surface area contributed by atoms with Crippen LogP contribution in [0, 0.1) is 5.82 Å². The van der Waals surface area contributed by atoms with Gasteiger partial charge in [-0.1, -0.05) is 18.7 Å². The summed E-state index contributed by atoms with van der Waals surface area (Å²) in [7, 11) is 0. The van der Waals surface area contributed by atoms with Gasteiger partial charge in [0.1, 0.15) is 5.82 Å². The lowest BCUT2D eigenvalue weighted by Gasteiger charge is -2.16. The van der Waals surface area contributed by atoms with E-state index in [0.717, 1.165) is 38.0 Å². The Bertz CT molecular complexity index is 924. The zero-order valence-corrected chi connectivity index (χ0v) is 16.6. The van der Waals surface area contributed by atoms with Crippen LogP contribution >= 0.6 is 23.5 Å². The lowest BCUT2D eigenvalue weighted by molar-refractivity contribution is -0.127. The van der Waals surface area contributed by atoms with Crippen LogP contribution in [0.15, 0.2) is 39.1 Å². The minimum atomic E-state index is -0.359. The molecule has 27 heavy (non-hydrogen) atoms. The number of hydrogen-bond acceptors (Lipinski definition) is 5. The summed E-state index contributed by atoms with van der Waals surface area (Å²) in [5.74, 6) is -0.0438. The number of aromatic nitrogens is 2. The van der Waals surface area contributed by atoms with Crippen LogP contribution in [0.25, 0.3) is 5.69 Å². The number of carbonyl (C=O) groups excluding carboxylic acids is 1. The van der Waals surface area contributed by atoms with Crippen LogP contribution < -0.4 is 5.56 Å². The van der Waals surface area contributed by atoms with Gasteiger partial charge < -0.3 is 4.90 Å². The van der Waals surface area contributed by atoms with E-state index < -0.39 is 0 Å². The van der Waals surface area contributed by atoms with Crippen LogP contribution in [0.5, 0.6) is 0 Å². The molecule has 1 amide bonds. The fourth-order valence-electron chi connectivity index (χ4n) is 3.40. The third-order valence-corrected chi connectivity index (χ3v) is 6.89. The van der Waals surface area contributed by atoms with Crippen molar-refractivity contribution in [3.05, 3.63) is 46.1 Å². The highest BCUT2D eigenvalue weighted by Gasteiger charge is 2.27. The molecule has 5 nitrogen and oxygen atoms in total. The molecule has 8 heteroatoms. The molecule has 2 aliphatic heterocycles. The van der Waals surface area contributed by atoms with Gasteiger partial charge in [-0.25, -0.2) is 9.37 Å². The Balaban J connectivity index is 1.69. The SMILES string of the molecule is CC1Cc2nc(SCC(=O)N3CCCC3)n(-c3ccc(F)cc3)c(=O)c2S1. The highest BCUT2D eigenvalue weighted by molar-refractivity contribution is 8.00. The largest absolute Gasteiger partial charge is 0.342 e. The average Bonchev–Trinajstić information content (AvgIpc) is 3.30. The Morgan fingerprint density at radius 2 is 2.00 bits per heavy atom.